The lowest BCUT2D eigenvalue weighted by Crippen LogP contribution is -2.35. The Kier molecular flexibility index (Phi) is 3.45. The topological polar surface area (TPSA) is 41.1 Å². The van der Waals surface area contributed by atoms with Gasteiger partial charge < -0.3 is 10.2 Å². The summed E-state index contributed by atoms with van der Waals surface area (Å²) in [6.45, 7) is 6.48. The Morgan fingerprint density at radius 1 is 1.47 bits per heavy atom. The molecule has 0 radical (unpaired) electrons. The van der Waals surface area contributed by atoms with Crippen LogP contribution in [-0.4, -0.2) is 42.1 Å². The number of nitrogens with zero attached hydrogens (tertiary/aromatic N) is 3. The van der Waals surface area contributed by atoms with E-state index < -0.39 is 0 Å². The van der Waals surface area contributed by atoms with Gasteiger partial charge in [-0.25, -0.2) is 9.97 Å². The van der Waals surface area contributed by atoms with Crippen LogP contribution in [0.5, 0.6) is 0 Å². The molecule has 1 fully saturated rings. The molecule has 1 atom stereocenters. The number of hydrogen-bond donors (Lipinski definition) is 1. The molecule has 2 heterocycles. The van der Waals surface area contributed by atoms with Gasteiger partial charge in [0, 0.05) is 24.4 Å². The molecule has 0 saturated carbocycles. The lowest BCUT2D eigenvalue weighted by atomic mass is 10.0. The monoisotopic (exact) mass is 234 g/mol. The van der Waals surface area contributed by atoms with Gasteiger partial charge in [-0.05, 0) is 47.0 Å². The number of aromatic nitrogens is 2. The van der Waals surface area contributed by atoms with Crippen molar-refractivity contribution in [1.82, 2.24) is 20.2 Å². The normalized spacial score (nSPS) is 22.0. The zero-order valence-electron chi connectivity index (χ0n) is 11.2. The van der Waals surface area contributed by atoms with Crippen LogP contribution in [0.15, 0.2) is 12.3 Å². The summed E-state index contributed by atoms with van der Waals surface area (Å²) in [6.07, 6.45) is 3.09. The van der Waals surface area contributed by atoms with E-state index in [0.29, 0.717) is 5.92 Å². The average molecular weight is 234 g/mol. The fourth-order valence-corrected chi connectivity index (χ4v) is 2.19. The molecule has 2 rings (SSSR count). The molecule has 4 nitrogen and oxygen atoms in total. The highest BCUT2D eigenvalue weighted by Gasteiger charge is 2.26. The van der Waals surface area contributed by atoms with Crippen LogP contribution < -0.4 is 5.32 Å². The maximum Gasteiger partial charge on any atom is 0.147 e. The fraction of sp³-hybridized carbons (Fsp3) is 0.692. The second-order valence-corrected chi connectivity index (χ2v) is 5.43. The fourth-order valence-electron chi connectivity index (χ4n) is 2.19. The summed E-state index contributed by atoms with van der Waals surface area (Å²) in [5.74, 6) is 1.45. The predicted octanol–water partition coefficient (Wildman–Crippen LogP) is 1.35. The van der Waals surface area contributed by atoms with Gasteiger partial charge in [-0.3, -0.25) is 0 Å². The predicted molar refractivity (Wildman–Crippen MR) is 69.0 cm³/mol. The molecule has 0 aliphatic carbocycles. The van der Waals surface area contributed by atoms with Crippen molar-refractivity contribution in [2.45, 2.75) is 31.7 Å². The maximum absolute atomic E-state index is 4.73. The molecule has 1 aromatic heterocycles. The van der Waals surface area contributed by atoms with Gasteiger partial charge in [0.2, 0.25) is 0 Å². The van der Waals surface area contributed by atoms with Crippen molar-refractivity contribution in [3.8, 4) is 0 Å². The molecule has 17 heavy (non-hydrogen) atoms. The van der Waals surface area contributed by atoms with E-state index in [1.807, 2.05) is 13.2 Å². The summed E-state index contributed by atoms with van der Waals surface area (Å²) in [7, 11) is 4.11. The molecule has 0 aromatic carbocycles. The molecule has 94 valence electrons. The Morgan fingerprint density at radius 2 is 2.24 bits per heavy atom. The minimum Gasteiger partial charge on any atom is -0.308 e. The van der Waals surface area contributed by atoms with E-state index >= 15 is 0 Å². The first-order valence-electron chi connectivity index (χ1n) is 6.24. The number of hydrogen-bond acceptors (Lipinski definition) is 4. The van der Waals surface area contributed by atoms with E-state index in [-0.39, 0.29) is 5.54 Å². The molecule has 1 aromatic rings. The van der Waals surface area contributed by atoms with Crippen molar-refractivity contribution in [1.29, 1.82) is 0 Å². The lowest BCUT2D eigenvalue weighted by Gasteiger charge is -2.23. The third kappa shape index (κ3) is 2.64. The second-order valence-electron chi connectivity index (χ2n) is 5.43. The summed E-state index contributed by atoms with van der Waals surface area (Å²) in [6, 6.07) is 2.05. The Labute approximate surface area is 103 Å². The molecular weight excluding hydrogens is 212 g/mol. The number of nitrogens with one attached hydrogen (secondary N) is 1. The maximum atomic E-state index is 4.73. The van der Waals surface area contributed by atoms with E-state index in [2.05, 4.69) is 42.2 Å². The molecule has 1 saturated heterocycles. The lowest BCUT2D eigenvalue weighted by molar-refractivity contribution is 0.404. The van der Waals surface area contributed by atoms with E-state index in [9.17, 15) is 0 Å². The van der Waals surface area contributed by atoms with Crippen LogP contribution in [0, 0.1) is 0 Å². The van der Waals surface area contributed by atoms with E-state index in [1.54, 1.807) is 0 Å². The van der Waals surface area contributed by atoms with Gasteiger partial charge >= 0.3 is 0 Å². The highest BCUT2D eigenvalue weighted by atomic mass is 15.1. The quantitative estimate of drug-likeness (QED) is 0.857. The van der Waals surface area contributed by atoms with Crippen molar-refractivity contribution in [2.75, 3.05) is 27.2 Å². The van der Waals surface area contributed by atoms with Crippen LogP contribution >= 0.6 is 0 Å². The van der Waals surface area contributed by atoms with Gasteiger partial charge in [-0.2, -0.15) is 0 Å². The number of likely N-dealkylation sites (N-methyl/N-ethyl adjacent to an activating group) is 1. The first-order valence-corrected chi connectivity index (χ1v) is 6.24. The minimum absolute atomic E-state index is 0.166. The summed E-state index contributed by atoms with van der Waals surface area (Å²) in [5.41, 5.74) is 1.02. The second kappa shape index (κ2) is 4.70. The Bertz CT molecular complexity index is 389. The molecule has 0 spiro atoms. The Morgan fingerprint density at radius 3 is 2.82 bits per heavy atom. The number of likely N-dealkylation sites (tertiary alicyclic amines) is 1. The Balaban J connectivity index is 2.23. The molecular formula is C13H22N4. The molecule has 0 amide bonds. The van der Waals surface area contributed by atoms with Gasteiger partial charge in [0.25, 0.3) is 0 Å². The largest absolute Gasteiger partial charge is 0.308 e. The summed E-state index contributed by atoms with van der Waals surface area (Å²) >= 11 is 0. The molecule has 1 unspecified atom stereocenters. The van der Waals surface area contributed by atoms with Crippen molar-refractivity contribution >= 4 is 0 Å². The smallest absolute Gasteiger partial charge is 0.147 e. The van der Waals surface area contributed by atoms with Gasteiger partial charge in [0.1, 0.15) is 5.82 Å². The van der Waals surface area contributed by atoms with Crippen LogP contribution in [-0.2, 0) is 5.54 Å². The van der Waals surface area contributed by atoms with Gasteiger partial charge in [-0.1, -0.05) is 0 Å². The molecule has 0 bridgehead atoms. The molecule has 1 N–H and O–H groups in total. The van der Waals surface area contributed by atoms with Gasteiger partial charge in [-0.15, -0.1) is 0 Å². The van der Waals surface area contributed by atoms with E-state index in [1.165, 1.54) is 18.7 Å². The summed E-state index contributed by atoms with van der Waals surface area (Å²) in [4.78, 5) is 11.5. The van der Waals surface area contributed by atoms with E-state index in [0.717, 1.165) is 12.4 Å². The highest BCUT2D eigenvalue weighted by molar-refractivity contribution is 5.14. The average Bonchev–Trinajstić information content (AvgIpc) is 2.76. The van der Waals surface area contributed by atoms with E-state index in [4.69, 9.17) is 4.98 Å². The SMILES string of the molecule is CNC(C)(C)c1nccc(C2CCN(C)C2)n1. The first kappa shape index (κ1) is 12.5. The van der Waals surface area contributed by atoms with Crippen LogP contribution in [0.1, 0.15) is 37.7 Å². The minimum atomic E-state index is -0.166. The molecule has 4 heteroatoms. The third-order valence-electron chi connectivity index (χ3n) is 3.67. The molecule has 1 aliphatic heterocycles. The van der Waals surface area contributed by atoms with Crippen molar-refractivity contribution in [2.24, 2.45) is 0 Å². The summed E-state index contributed by atoms with van der Waals surface area (Å²) in [5, 5.41) is 3.25. The molecule has 1 aliphatic rings. The van der Waals surface area contributed by atoms with Crippen LogP contribution in [0.3, 0.4) is 0 Å². The van der Waals surface area contributed by atoms with Crippen LogP contribution in [0.2, 0.25) is 0 Å². The highest BCUT2D eigenvalue weighted by Crippen LogP contribution is 2.25. The third-order valence-corrected chi connectivity index (χ3v) is 3.67. The zero-order chi connectivity index (χ0) is 12.5. The van der Waals surface area contributed by atoms with Crippen LogP contribution in [0.25, 0.3) is 0 Å². The van der Waals surface area contributed by atoms with Crippen molar-refractivity contribution in [3.05, 3.63) is 23.8 Å². The van der Waals surface area contributed by atoms with Crippen molar-refractivity contribution < 1.29 is 0 Å². The van der Waals surface area contributed by atoms with Crippen molar-refractivity contribution in [3.63, 3.8) is 0 Å². The summed E-state index contributed by atoms with van der Waals surface area (Å²) < 4.78 is 0. The standard InChI is InChI=1S/C13H22N4/c1-13(2,14-3)12-15-7-5-11(16-12)10-6-8-17(4)9-10/h5,7,10,14H,6,8-9H2,1-4H3. The number of rotatable bonds is 3. The first-order chi connectivity index (χ1) is 8.03. The Hall–Kier alpha value is -1.00. The van der Waals surface area contributed by atoms with Gasteiger partial charge in [0.15, 0.2) is 0 Å². The zero-order valence-corrected chi connectivity index (χ0v) is 11.2. The van der Waals surface area contributed by atoms with Crippen LogP contribution in [0.4, 0.5) is 0 Å². The van der Waals surface area contributed by atoms with Gasteiger partial charge in [0.05, 0.1) is 5.54 Å².